The molecule has 34 heavy (non-hydrogen) atoms. The Morgan fingerprint density at radius 3 is 2.29 bits per heavy atom. The van der Waals surface area contributed by atoms with Crippen LogP contribution in [0, 0.1) is 11.8 Å². The first-order valence-electron chi connectivity index (χ1n) is 12.5. The number of esters is 1. The highest BCUT2D eigenvalue weighted by Crippen LogP contribution is 2.36. The molecule has 1 saturated carbocycles. The number of fused-ring (bicyclic) bond motifs is 2. The van der Waals surface area contributed by atoms with Gasteiger partial charge in [-0.2, -0.15) is 0 Å². The monoisotopic (exact) mass is 460 g/mol. The molecule has 0 bridgehead atoms. The predicted octanol–water partition coefficient (Wildman–Crippen LogP) is 3.90. The second-order valence-electron chi connectivity index (χ2n) is 9.72. The highest BCUT2D eigenvalue weighted by atomic mass is 16.5. The predicted molar refractivity (Wildman–Crippen MR) is 129 cm³/mol. The SMILES string of the molecule is CC(OC(=O)C1CCCCC1C(=O)N1CCc2ccccc21)C(=O)N1CCc2ccccc2C1. The van der Waals surface area contributed by atoms with Gasteiger partial charge in [-0.05, 0) is 55.4 Å². The van der Waals surface area contributed by atoms with E-state index in [1.807, 2.05) is 41.3 Å². The maximum atomic E-state index is 13.5. The van der Waals surface area contributed by atoms with Gasteiger partial charge in [0.1, 0.15) is 0 Å². The van der Waals surface area contributed by atoms with E-state index in [0.29, 0.717) is 32.5 Å². The maximum absolute atomic E-state index is 13.5. The van der Waals surface area contributed by atoms with Gasteiger partial charge >= 0.3 is 5.97 Å². The van der Waals surface area contributed by atoms with Crippen molar-refractivity contribution in [3.8, 4) is 0 Å². The molecule has 2 aromatic carbocycles. The molecule has 2 aromatic rings. The van der Waals surface area contributed by atoms with Gasteiger partial charge in [0, 0.05) is 25.3 Å². The third kappa shape index (κ3) is 4.33. The van der Waals surface area contributed by atoms with Crippen molar-refractivity contribution in [3.63, 3.8) is 0 Å². The third-order valence-corrected chi connectivity index (χ3v) is 7.62. The highest BCUT2D eigenvalue weighted by molar-refractivity contribution is 5.99. The summed E-state index contributed by atoms with van der Waals surface area (Å²) < 4.78 is 5.70. The third-order valence-electron chi connectivity index (χ3n) is 7.62. The summed E-state index contributed by atoms with van der Waals surface area (Å²) in [5.74, 6) is -1.46. The molecule has 6 heteroatoms. The summed E-state index contributed by atoms with van der Waals surface area (Å²) in [5.41, 5.74) is 4.54. The fourth-order valence-electron chi connectivity index (χ4n) is 5.73. The Morgan fingerprint density at radius 1 is 0.853 bits per heavy atom. The highest BCUT2D eigenvalue weighted by Gasteiger charge is 2.41. The molecular formula is C28H32N2O4. The molecule has 1 fully saturated rings. The number of ether oxygens (including phenoxy) is 1. The van der Waals surface area contributed by atoms with Crippen LogP contribution < -0.4 is 4.90 Å². The minimum Gasteiger partial charge on any atom is -0.452 e. The van der Waals surface area contributed by atoms with Gasteiger partial charge in [0.05, 0.1) is 11.8 Å². The van der Waals surface area contributed by atoms with E-state index < -0.39 is 23.9 Å². The van der Waals surface area contributed by atoms with Crippen LogP contribution in [0.1, 0.15) is 49.3 Å². The zero-order valence-corrected chi connectivity index (χ0v) is 19.7. The summed E-state index contributed by atoms with van der Waals surface area (Å²) in [6.45, 7) is 3.46. The van der Waals surface area contributed by atoms with Crippen LogP contribution >= 0.6 is 0 Å². The average molecular weight is 461 g/mol. The van der Waals surface area contributed by atoms with Crippen LogP contribution in [-0.2, 0) is 38.5 Å². The molecule has 0 spiro atoms. The smallest absolute Gasteiger partial charge is 0.310 e. The van der Waals surface area contributed by atoms with Crippen LogP contribution in [0.3, 0.4) is 0 Å². The van der Waals surface area contributed by atoms with Crippen molar-refractivity contribution in [3.05, 3.63) is 65.2 Å². The summed E-state index contributed by atoms with van der Waals surface area (Å²) in [4.78, 5) is 43.4. The zero-order valence-electron chi connectivity index (χ0n) is 19.7. The van der Waals surface area contributed by atoms with Crippen molar-refractivity contribution in [2.45, 2.75) is 58.1 Å². The first kappa shape index (κ1) is 22.6. The minimum atomic E-state index is -0.858. The number of hydrogen-bond donors (Lipinski definition) is 0. The molecule has 0 saturated heterocycles. The molecule has 0 aromatic heterocycles. The Hall–Kier alpha value is -3.15. The van der Waals surface area contributed by atoms with E-state index in [1.165, 1.54) is 11.1 Å². The van der Waals surface area contributed by atoms with E-state index in [2.05, 4.69) is 12.1 Å². The number of hydrogen-bond acceptors (Lipinski definition) is 4. The second kappa shape index (κ2) is 9.61. The van der Waals surface area contributed by atoms with Gasteiger partial charge in [0.15, 0.2) is 6.10 Å². The fourth-order valence-corrected chi connectivity index (χ4v) is 5.73. The van der Waals surface area contributed by atoms with Gasteiger partial charge in [0.2, 0.25) is 5.91 Å². The molecule has 2 amide bonds. The zero-order chi connectivity index (χ0) is 23.7. The van der Waals surface area contributed by atoms with Crippen LogP contribution in [0.15, 0.2) is 48.5 Å². The number of carbonyl (C=O) groups is 3. The number of nitrogens with zero attached hydrogens (tertiary/aromatic N) is 2. The van der Waals surface area contributed by atoms with Gasteiger partial charge < -0.3 is 14.5 Å². The molecule has 0 N–H and O–H groups in total. The van der Waals surface area contributed by atoms with E-state index in [-0.39, 0.29) is 11.8 Å². The number of amides is 2. The lowest BCUT2D eigenvalue weighted by molar-refractivity contribution is -0.166. The standard InChI is InChI=1S/C28H32N2O4/c1-19(26(31)29-16-14-20-8-2-3-10-22(20)18-29)34-28(33)24-12-6-5-11-23(24)27(32)30-17-15-21-9-4-7-13-25(21)30/h2-4,7-10,13,19,23-24H,5-6,11-12,14-18H2,1H3. The minimum absolute atomic E-state index is 0.0122. The molecule has 3 atom stereocenters. The molecule has 2 heterocycles. The van der Waals surface area contributed by atoms with Crippen molar-refractivity contribution in [1.29, 1.82) is 0 Å². The van der Waals surface area contributed by atoms with E-state index in [0.717, 1.165) is 36.9 Å². The molecule has 2 aliphatic heterocycles. The van der Waals surface area contributed by atoms with Crippen LogP contribution in [0.4, 0.5) is 5.69 Å². The maximum Gasteiger partial charge on any atom is 0.310 e. The van der Waals surface area contributed by atoms with Crippen molar-refractivity contribution >= 4 is 23.5 Å². The topological polar surface area (TPSA) is 66.9 Å². The van der Waals surface area contributed by atoms with E-state index >= 15 is 0 Å². The van der Waals surface area contributed by atoms with Gasteiger partial charge in [-0.1, -0.05) is 55.3 Å². The van der Waals surface area contributed by atoms with E-state index in [1.54, 1.807) is 11.8 Å². The van der Waals surface area contributed by atoms with Gasteiger partial charge in [-0.25, -0.2) is 0 Å². The molecule has 0 radical (unpaired) electrons. The van der Waals surface area contributed by atoms with Crippen LogP contribution in [0.2, 0.25) is 0 Å². The number of anilines is 1. The molecular weight excluding hydrogens is 428 g/mol. The first-order valence-corrected chi connectivity index (χ1v) is 12.5. The number of para-hydroxylation sites is 1. The van der Waals surface area contributed by atoms with Crippen molar-refractivity contribution in [2.24, 2.45) is 11.8 Å². The quantitative estimate of drug-likeness (QED) is 0.649. The van der Waals surface area contributed by atoms with Crippen LogP contribution in [0.25, 0.3) is 0 Å². The molecule has 178 valence electrons. The lowest BCUT2D eigenvalue weighted by Gasteiger charge is -2.34. The van der Waals surface area contributed by atoms with Crippen LogP contribution in [-0.4, -0.2) is 41.9 Å². The van der Waals surface area contributed by atoms with E-state index in [4.69, 9.17) is 4.74 Å². The lowest BCUT2D eigenvalue weighted by Crippen LogP contribution is -2.45. The summed E-state index contributed by atoms with van der Waals surface area (Å²) in [6.07, 6.45) is 3.92. The largest absolute Gasteiger partial charge is 0.452 e. The van der Waals surface area contributed by atoms with Crippen molar-refractivity contribution < 1.29 is 19.1 Å². The number of rotatable bonds is 4. The Kier molecular flexibility index (Phi) is 6.40. The Bertz CT molecular complexity index is 1100. The van der Waals surface area contributed by atoms with E-state index in [9.17, 15) is 14.4 Å². The second-order valence-corrected chi connectivity index (χ2v) is 9.72. The summed E-state index contributed by atoms with van der Waals surface area (Å²) in [7, 11) is 0. The van der Waals surface area contributed by atoms with Crippen LogP contribution in [0.5, 0.6) is 0 Å². The fraction of sp³-hybridized carbons (Fsp3) is 0.464. The molecule has 5 rings (SSSR count). The molecule has 3 unspecified atom stereocenters. The molecule has 1 aliphatic carbocycles. The Balaban J connectivity index is 1.24. The Morgan fingerprint density at radius 2 is 1.50 bits per heavy atom. The number of carbonyl (C=O) groups excluding carboxylic acids is 3. The summed E-state index contributed by atoms with van der Waals surface area (Å²) in [5, 5.41) is 0. The van der Waals surface area contributed by atoms with Crippen molar-refractivity contribution in [2.75, 3.05) is 18.0 Å². The first-order chi connectivity index (χ1) is 16.5. The van der Waals surface area contributed by atoms with Gasteiger partial charge in [0.25, 0.3) is 5.91 Å². The normalized spacial score (nSPS) is 22.5. The van der Waals surface area contributed by atoms with Crippen molar-refractivity contribution in [1.82, 2.24) is 4.90 Å². The number of benzene rings is 2. The van der Waals surface area contributed by atoms with Gasteiger partial charge in [-0.15, -0.1) is 0 Å². The average Bonchev–Trinajstić information content (AvgIpc) is 3.31. The Labute approximate surface area is 200 Å². The summed E-state index contributed by atoms with van der Waals surface area (Å²) >= 11 is 0. The van der Waals surface area contributed by atoms with Gasteiger partial charge in [-0.3, -0.25) is 14.4 Å². The molecule has 6 nitrogen and oxygen atoms in total. The lowest BCUT2D eigenvalue weighted by atomic mass is 9.78. The summed E-state index contributed by atoms with van der Waals surface area (Å²) in [6, 6.07) is 16.1. The molecule has 3 aliphatic rings.